The van der Waals surface area contributed by atoms with Crippen molar-refractivity contribution in [2.45, 2.75) is 9.37 Å². The Morgan fingerprint density at radius 1 is 1.41 bits per heavy atom. The molecule has 0 aliphatic carbocycles. The SMILES string of the molecule is CSc1nnc(-c2ccc(S(=O)(=O)Cl)s2)n1C. The van der Waals surface area contributed by atoms with Gasteiger partial charge in [0.1, 0.15) is 4.21 Å². The summed E-state index contributed by atoms with van der Waals surface area (Å²) in [6, 6.07) is 3.14. The van der Waals surface area contributed by atoms with Gasteiger partial charge in [-0.3, -0.25) is 0 Å². The van der Waals surface area contributed by atoms with Crippen LogP contribution in [0.1, 0.15) is 0 Å². The van der Waals surface area contributed by atoms with E-state index in [0.29, 0.717) is 5.82 Å². The van der Waals surface area contributed by atoms with Gasteiger partial charge >= 0.3 is 0 Å². The maximum Gasteiger partial charge on any atom is 0.270 e. The van der Waals surface area contributed by atoms with Crippen molar-refractivity contribution in [1.82, 2.24) is 14.8 Å². The standard InChI is InChI=1S/C8H8ClN3O2S3/c1-12-7(10-11-8(12)15-2)5-3-4-6(16-5)17(9,13)14/h3-4H,1-2H3. The molecule has 0 bridgehead atoms. The van der Waals surface area contributed by atoms with Gasteiger partial charge in [0.15, 0.2) is 11.0 Å². The first-order valence-corrected chi connectivity index (χ1v) is 8.77. The van der Waals surface area contributed by atoms with Gasteiger partial charge in [-0.15, -0.1) is 21.5 Å². The predicted molar refractivity (Wildman–Crippen MR) is 69.1 cm³/mol. The Balaban J connectivity index is 2.47. The fourth-order valence-electron chi connectivity index (χ4n) is 1.28. The number of aromatic nitrogens is 3. The van der Waals surface area contributed by atoms with Crippen LogP contribution in [0.4, 0.5) is 0 Å². The number of thioether (sulfide) groups is 1. The van der Waals surface area contributed by atoms with Crippen molar-refractivity contribution in [3.05, 3.63) is 12.1 Å². The number of hydrogen-bond acceptors (Lipinski definition) is 6. The molecule has 0 aromatic carbocycles. The molecule has 5 nitrogen and oxygen atoms in total. The van der Waals surface area contributed by atoms with Gasteiger partial charge < -0.3 is 4.57 Å². The number of nitrogens with zero attached hydrogens (tertiary/aromatic N) is 3. The summed E-state index contributed by atoms with van der Waals surface area (Å²) < 4.78 is 24.2. The average molecular weight is 310 g/mol. The maximum atomic E-state index is 11.2. The van der Waals surface area contributed by atoms with Crippen LogP contribution in [0.3, 0.4) is 0 Å². The Morgan fingerprint density at radius 3 is 2.59 bits per heavy atom. The molecule has 0 N–H and O–H groups in total. The Hall–Kier alpha value is -0.570. The molecule has 0 aliphatic rings. The monoisotopic (exact) mass is 309 g/mol. The van der Waals surface area contributed by atoms with Gasteiger partial charge in [-0.1, -0.05) is 11.8 Å². The van der Waals surface area contributed by atoms with Gasteiger partial charge in [-0.05, 0) is 18.4 Å². The number of halogens is 1. The Morgan fingerprint density at radius 2 is 2.12 bits per heavy atom. The van der Waals surface area contributed by atoms with Crippen molar-refractivity contribution < 1.29 is 8.42 Å². The van der Waals surface area contributed by atoms with Gasteiger partial charge in [0.25, 0.3) is 9.05 Å². The summed E-state index contributed by atoms with van der Waals surface area (Å²) >= 11 is 2.55. The van der Waals surface area contributed by atoms with E-state index >= 15 is 0 Å². The van der Waals surface area contributed by atoms with E-state index in [1.54, 1.807) is 10.6 Å². The average Bonchev–Trinajstić information content (AvgIpc) is 2.82. The van der Waals surface area contributed by atoms with Crippen molar-refractivity contribution in [1.29, 1.82) is 0 Å². The van der Waals surface area contributed by atoms with Crippen molar-refractivity contribution >= 4 is 42.8 Å². The lowest BCUT2D eigenvalue weighted by molar-refractivity contribution is 0.611. The minimum Gasteiger partial charge on any atom is -0.305 e. The molecule has 0 aliphatic heterocycles. The molecular formula is C8H8ClN3O2S3. The Labute approximate surface area is 111 Å². The molecule has 0 spiro atoms. The zero-order chi connectivity index (χ0) is 12.6. The minimum atomic E-state index is -3.67. The highest BCUT2D eigenvalue weighted by molar-refractivity contribution is 8.15. The summed E-state index contributed by atoms with van der Waals surface area (Å²) in [5.41, 5.74) is 0. The summed E-state index contributed by atoms with van der Waals surface area (Å²) in [5, 5.41) is 8.77. The highest BCUT2D eigenvalue weighted by atomic mass is 35.7. The van der Waals surface area contributed by atoms with E-state index in [1.807, 2.05) is 13.3 Å². The third-order valence-electron chi connectivity index (χ3n) is 2.06. The molecule has 0 fully saturated rings. The third-order valence-corrected chi connectivity index (χ3v) is 5.95. The Kier molecular flexibility index (Phi) is 3.48. The molecule has 0 saturated heterocycles. The highest BCUT2D eigenvalue weighted by Crippen LogP contribution is 2.32. The Bertz CT molecular complexity index is 647. The van der Waals surface area contributed by atoms with E-state index in [-0.39, 0.29) is 4.21 Å². The zero-order valence-corrected chi connectivity index (χ0v) is 12.1. The van der Waals surface area contributed by atoms with Crippen LogP contribution in [0.25, 0.3) is 10.7 Å². The first-order chi connectivity index (χ1) is 7.93. The van der Waals surface area contributed by atoms with Crippen LogP contribution in [0.5, 0.6) is 0 Å². The maximum absolute atomic E-state index is 11.2. The van der Waals surface area contributed by atoms with Crippen molar-refractivity contribution in [2.75, 3.05) is 6.26 Å². The molecule has 92 valence electrons. The van der Waals surface area contributed by atoms with Crippen LogP contribution < -0.4 is 0 Å². The van der Waals surface area contributed by atoms with E-state index in [4.69, 9.17) is 10.7 Å². The topological polar surface area (TPSA) is 64.8 Å². The lowest BCUT2D eigenvalue weighted by Crippen LogP contribution is -1.92. The van der Waals surface area contributed by atoms with E-state index in [9.17, 15) is 8.42 Å². The predicted octanol–water partition coefficient (Wildman–Crippen LogP) is 2.19. The van der Waals surface area contributed by atoms with E-state index in [0.717, 1.165) is 21.4 Å². The van der Waals surface area contributed by atoms with Crippen LogP contribution in [0.2, 0.25) is 0 Å². The third kappa shape index (κ3) is 2.49. The molecule has 0 saturated carbocycles. The summed E-state index contributed by atoms with van der Waals surface area (Å²) in [4.78, 5) is 0.722. The van der Waals surface area contributed by atoms with Gasteiger partial charge in [-0.2, -0.15) is 0 Å². The molecule has 17 heavy (non-hydrogen) atoms. The molecule has 0 amide bonds. The first-order valence-electron chi connectivity index (χ1n) is 4.41. The second-order valence-electron chi connectivity index (χ2n) is 3.13. The summed E-state index contributed by atoms with van der Waals surface area (Å²) in [6.07, 6.45) is 1.90. The van der Waals surface area contributed by atoms with Crippen molar-refractivity contribution in [3.63, 3.8) is 0 Å². The van der Waals surface area contributed by atoms with Crippen LogP contribution in [-0.4, -0.2) is 29.4 Å². The number of rotatable bonds is 3. The second kappa shape index (κ2) is 4.60. The zero-order valence-electron chi connectivity index (χ0n) is 8.92. The largest absolute Gasteiger partial charge is 0.305 e. The smallest absolute Gasteiger partial charge is 0.270 e. The molecule has 0 radical (unpaired) electrons. The molecule has 2 aromatic rings. The van der Waals surface area contributed by atoms with Crippen LogP contribution >= 0.6 is 33.8 Å². The van der Waals surface area contributed by atoms with E-state index < -0.39 is 9.05 Å². The highest BCUT2D eigenvalue weighted by Gasteiger charge is 2.17. The van der Waals surface area contributed by atoms with Crippen LogP contribution in [0.15, 0.2) is 21.5 Å². The van der Waals surface area contributed by atoms with Crippen LogP contribution in [0, 0.1) is 0 Å². The molecule has 9 heteroatoms. The summed E-state index contributed by atoms with van der Waals surface area (Å²) in [6.45, 7) is 0. The number of thiophene rings is 1. The molecule has 2 aromatic heterocycles. The van der Waals surface area contributed by atoms with Gasteiger partial charge in [0.2, 0.25) is 0 Å². The molecular weight excluding hydrogens is 302 g/mol. The van der Waals surface area contributed by atoms with Crippen molar-refractivity contribution in [2.24, 2.45) is 7.05 Å². The van der Waals surface area contributed by atoms with E-state index in [1.165, 1.54) is 17.8 Å². The molecule has 0 unspecified atom stereocenters. The number of hydrogen-bond donors (Lipinski definition) is 0. The molecule has 2 heterocycles. The molecule has 0 atom stereocenters. The fourth-order valence-corrected chi connectivity index (χ4v) is 3.86. The lowest BCUT2D eigenvalue weighted by atomic mass is 10.4. The van der Waals surface area contributed by atoms with Crippen LogP contribution in [-0.2, 0) is 16.1 Å². The van der Waals surface area contributed by atoms with E-state index in [2.05, 4.69) is 10.2 Å². The van der Waals surface area contributed by atoms with Crippen molar-refractivity contribution in [3.8, 4) is 10.7 Å². The van der Waals surface area contributed by atoms with Gasteiger partial charge in [0.05, 0.1) is 4.88 Å². The minimum absolute atomic E-state index is 0.114. The quantitative estimate of drug-likeness (QED) is 0.642. The summed E-state index contributed by atoms with van der Waals surface area (Å²) in [7, 11) is 3.42. The normalized spacial score (nSPS) is 11.9. The molecule has 2 rings (SSSR count). The fraction of sp³-hybridized carbons (Fsp3) is 0.250. The van der Waals surface area contributed by atoms with Gasteiger partial charge in [-0.25, -0.2) is 8.42 Å². The first kappa shape index (κ1) is 12.9. The lowest BCUT2D eigenvalue weighted by Gasteiger charge is -1.98. The van der Waals surface area contributed by atoms with Gasteiger partial charge in [0, 0.05) is 17.7 Å². The second-order valence-corrected chi connectivity index (χ2v) is 7.78. The summed E-state index contributed by atoms with van der Waals surface area (Å²) in [5.74, 6) is 0.630.